The van der Waals surface area contributed by atoms with E-state index in [0.717, 1.165) is 32.4 Å². The van der Waals surface area contributed by atoms with Gasteiger partial charge in [-0.2, -0.15) is 0 Å². The van der Waals surface area contributed by atoms with E-state index in [9.17, 15) is 14.7 Å². The molecule has 0 radical (unpaired) electrons. The molecule has 7 aliphatic rings. The fourth-order valence-electron chi connectivity index (χ4n) is 9.29. The van der Waals surface area contributed by atoms with Crippen LogP contribution in [0.4, 0.5) is 0 Å². The summed E-state index contributed by atoms with van der Waals surface area (Å²) in [7, 11) is 1.76. The van der Waals surface area contributed by atoms with E-state index in [-0.39, 0.29) is 52.7 Å². The molecule has 1 spiro atoms. The van der Waals surface area contributed by atoms with Crippen molar-refractivity contribution in [2.45, 2.75) is 69.8 Å². The summed E-state index contributed by atoms with van der Waals surface area (Å²) in [4.78, 5) is 29.6. The first-order valence-corrected chi connectivity index (χ1v) is 11.1. The van der Waals surface area contributed by atoms with Gasteiger partial charge >= 0.3 is 5.97 Å². The molecule has 0 unspecified atom stereocenters. The first-order valence-electron chi connectivity index (χ1n) is 11.1. The second kappa shape index (κ2) is 5.19. The molecule has 9 bridgehead atoms. The van der Waals surface area contributed by atoms with Crippen LogP contribution < -0.4 is 0 Å². The van der Waals surface area contributed by atoms with Crippen LogP contribution in [-0.4, -0.2) is 65.8 Å². The Morgan fingerprint density at radius 3 is 2.75 bits per heavy atom. The minimum Gasteiger partial charge on any atom is -0.462 e. The van der Waals surface area contributed by atoms with Crippen molar-refractivity contribution in [3.05, 3.63) is 0 Å². The maximum Gasteiger partial charge on any atom is 0.312 e. The number of fused-ring (bicyclic) bond motifs is 2. The lowest BCUT2D eigenvalue weighted by Gasteiger charge is -2.68. The Balaban J connectivity index is 1.67. The second-order valence-electron chi connectivity index (χ2n) is 10.6. The summed E-state index contributed by atoms with van der Waals surface area (Å²) in [5.41, 5.74) is -1.76. The van der Waals surface area contributed by atoms with Crippen molar-refractivity contribution in [1.29, 1.82) is 0 Å². The normalized spacial score (nSPS) is 59.2. The number of aliphatic hydroxyl groups is 1. The number of Topliss-reactive ketones (excluding diaryl/α,β-unsaturated/α-hetero) is 1. The van der Waals surface area contributed by atoms with Gasteiger partial charge in [0.1, 0.15) is 11.9 Å². The van der Waals surface area contributed by atoms with Crippen LogP contribution in [-0.2, 0) is 19.1 Å². The number of ether oxygens (including phenoxy) is 2. The fourth-order valence-corrected chi connectivity index (χ4v) is 9.29. The summed E-state index contributed by atoms with van der Waals surface area (Å²) in [5, 5.41) is 12.0. The standard InChI is InChI=1S/C22H31NO5/c1-4-23-10-20(2)7-6-13(27-3)22-12-9-11-5-8-21(26,14(12)19(25)28-11)15(18(22)23)16(24)17(20)22/h11-15,17-18,26H,4-10H2,1-3H3/t11-,12+,13-,14+,15-,17+,18+,20-,21+,22-/m0/s1. The van der Waals surface area contributed by atoms with Gasteiger partial charge in [-0.25, -0.2) is 0 Å². The molecule has 0 amide bonds. The molecule has 6 heteroatoms. The van der Waals surface area contributed by atoms with E-state index >= 15 is 0 Å². The van der Waals surface area contributed by atoms with Crippen molar-refractivity contribution in [2.24, 2.45) is 34.5 Å². The van der Waals surface area contributed by atoms with E-state index in [1.54, 1.807) is 7.11 Å². The number of nitrogens with zero attached hydrogens (tertiary/aromatic N) is 1. The average Bonchev–Trinajstić information content (AvgIpc) is 2.73. The van der Waals surface area contributed by atoms with E-state index in [1.807, 2.05) is 0 Å². The lowest BCUT2D eigenvalue weighted by atomic mass is 9.42. The van der Waals surface area contributed by atoms with Crippen molar-refractivity contribution in [3.8, 4) is 0 Å². The molecule has 28 heavy (non-hydrogen) atoms. The number of methoxy groups -OCH3 is 1. The molecule has 7 rings (SSSR count). The molecule has 3 heterocycles. The molecule has 154 valence electrons. The van der Waals surface area contributed by atoms with Gasteiger partial charge in [0.2, 0.25) is 0 Å². The Hall–Kier alpha value is -0.980. The van der Waals surface area contributed by atoms with Gasteiger partial charge in [-0.05, 0) is 50.0 Å². The Morgan fingerprint density at radius 1 is 1.25 bits per heavy atom. The zero-order valence-electron chi connectivity index (χ0n) is 17.0. The largest absolute Gasteiger partial charge is 0.462 e. The van der Waals surface area contributed by atoms with Gasteiger partial charge in [0.05, 0.1) is 23.5 Å². The summed E-state index contributed by atoms with van der Waals surface area (Å²) >= 11 is 0. The predicted octanol–water partition coefficient (Wildman–Crippen LogP) is 1.39. The molecule has 0 aromatic heterocycles. The van der Waals surface area contributed by atoms with E-state index in [0.29, 0.717) is 12.8 Å². The Bertz CT molecular complexity index is 770. The quantitative estimate of drug-likeness (QED) is 0.720. The molecule has 4 aliphatic carbocycles. The third-order valence-electron chi connectivity index (χ3n) is 9.84. The molecule has 0 aromatic carbocycles. The van der Waals surface area contributed by atoms with Gasteiger partial charge in [-0.15, -0.1) is 0 Å². The maximum atomic E-state index is 14.1. The highest BCUT2D eigenvalue weighted by molar-refractivity contribution is 5.94. The van der Waals surface area contributed by atoms with E-state index in [2.05, 4.69) is 18.7 Å². The first kappa shape index (κ1) is 17.8. The number of esters is 1. The van der Waals surface area contributed by atoms with Crippen LogP contribution in [0.25, 0.3) is 0 Å². The number of carbonyl (C=O) groups excluding carboxylic acids is 2. The molecule has 6 nitrogen and oxygen atoms in total. The van der Waals surface area contributed by atoms with Crippen LogP contribution in [0.1, 0.15) is 46.0 Å². The van der Waals surface area contributed by atoms with Gasteiger partial charge in [0.25, 0.3) is 0 Å². The van der Waals surface area contributed by atoms with E-state index in [1.165, 1.54) is 0 Å². The van der Waals surface area contributed by atoms with Gasteiger partial charge in [0.15, 0.2) is 0 Å². The maximum absolute atomic E-state index is 14.1. The summed E-state index contributed by atoms with van der Waals surface area (Å²) in [6, 6.07) is -0.0239. The molecule has 1 N–H and O–H groups in total. The minimum atomic E-state index is -1.27. The molecule has 4 saturated carbocycles. The van der Waals surface area contributed by atoms with E-state index in [4.69, 9.17) is 9.47 Å². The topological polar surface area (TPSA) is 76.1 Å². The Morgan fingerprint density at radius 2 is 2.04 bits per heavy atom. The van der Waals surface area contributed by atoms with Crippen molar-refractivity contribution in [1.82, 2.24) is 4.90 Å². The van der Waals surface area contributed by atoms with Gasteiger partial charge < -0.3 is 14.6 Å². The Kier molecular flexibility index (Phi) is 3.31. The molecule has 3 saturated heterocycles. The predicted molar refractivity (Wildman–Crippen MR) is 99.3 cm³/mol. The monoisotopic (exact) mass is 389 g/mol. The van der Waals surface area contributed by atoms with Crippen LogP contribution >= 0.6 is 0 Å². The molecular formula is C22H31NO5. The lowest BCUT2D eigenvalue weighted by Crippen LogP contribution is -2.76. The zero-order valence-corrected chi connectivity index (χ0v) is 17.0. The number of ketones is 1. The molecule has 7 fully saturated rings. The molecule has 3 aliphatic heterocycles. The fraction of sp³-hybridized carbons (Fsp3) is 0.909. The number of likely N-dealkylation sites (tertiary alicyclic amines) is 1. The SMILES string of the molecule is CCN1C[C@]2(C)CC[C@H](OC)[C@@]34[C@@H]5C[C@@H]6CC[C@@](O)([C@H]5C(=O)O6)[C@@H](C(=O)[C@H]23)[C@@H]14. The van der Waals surface area contributed by atoms with Crippen molar-refractivity contribution >= 4 is 11.8 Å². The summed E-state index contributed by atoms with van der Waals surface area (Å²) in [5.74, 6) is -1.32. The number of hydrogen-bond donors (Lipinski definition) is 1. The van der Waals surface area contributed by atoms with Gasteiger partial charge in [-0.3, -0.25) is 14.5 Å². The van der Waals surface area contributed by atoms with E-state index < -0.39 is 17.4 Å². The summed E-state index contributed by atoms with van der Waals surface area (Å²) < 4.78 is 11.8. The van der Waals surface area contributed by atoms with Gasteiger partial charge in [0, 0.05) is 31.0 Å². The lowest BCUT2D eigenvalue weighted by molar-refractivity contribution is -0.268. The van der Waals surface area contributed by atoms with Crippen molar-refractivity contribution in [2.75, 3.05) is 20.2 Å². The number of rotatable bonds is 2. The Labute approximate surface area is 165 Å². The summed E-state index contributed by atoms with van der Waals surface area (Å²) in [6.45, 7) is 6.18. The smallest absolute Gasteiger partial charge is 0.312 e. The molecule has 0 aromatic rings. The van der Waals surface area contributed by atoms with Crippen LogP contribution in [0.15, 0.2) is 0 Å². The van der Waals surface area contributed by atoms with Crippen LogP contribution in [0.2, 0.25) is 0 Å². The third-order valence-corrected chi connectivity index (χ3v) is 9.84. The zero-order chi connectivity index (χ0) is 19.6. The highest BCUT2D eigenvalue weighted by Crippen LogP contribution is 2.75. The van der Waals surface area contributed by atoms with Crippen LogP contribution in [0.5, 0.6) is 0 Å². The number of hydrogen-bond acceptors (Lipinski definition) is 6. The highest BCUT2D eigenvalue weighted by Gasteiger charge is 2.84. The van der Waals surface area contributed by atoms with Crippen LogP contribution in [0, 0.1) is 34.5 Å². The minimum absolute atomic E-state index is 0.0239. The second-order valence-corrected chi connectivity index (χ2v) is 10.6. The van der Waals surface area contributed by atoms with Gasteiger partial charge in [-0.1, -0.05) is 13.8 Å². The number of piperidine rings is 1. The molecular weight excluding hydrogens is 358 g/mol. The summed E-state index contributed by atoms with van der Waals surface area (Å²) in [6.07, 6.45) is 3.63. The average molecular weight is 389 g/mol. The third kappa shape index (κ3) is 1.63. The van der Waals surface area contributed by atoms with Crippen molar-refractivity contribution < 1.29 is 24.2 Å². The number of carbonyl (C=O) groups is 2. The molecule has 10 atom stereocenters. The van der Waals surface area contributed by atoms with Crippen molar-refractivity contribution in [3.63, 3.8) is 0 Å². The van der Waals surface area contributed by atoms with Crippen LogP contribution in [0.3, 0.4) is 0 Å². The highest BCUT2D eigenvalue weighted by atomic mass is 16.5. The first-order chi connectivity index (χ1) is 13.3.